The summed E-state index contributed by atoms with van der Waals surface area (Å²) >= 11 is 1.81. The molecule has 0 bridgehead atoms. The van der Waals surface area contributed by atoms with Gasteiger partial charge in [-0.15, -0.1) is 11.3 Å². The van der Waals surface area contributed by atoms with E-state index in [1.54, 1.807) is 11.3 Å². The van der Waals surface area contributed by atoms with Gasteiger partial charge >= 0.3 is 0 Å². The number of para-hydroxylation sites is 2. The lowest BCUT2D eigenvalue weighted by atomic mass is 10.0. The Balaban J connectivity index is 1.08. The number of furan rings is 1. The molecule has 0 fully saturated rings. The lowest BCUT2D eigenvalue weighted by Gasteiger charge is -2.25. The first-order valence-corrected chi connectivity index (χ1v) is 20.7. The van der Waals surface area contributed by atoms with E-state index < -0.39 is 6.17 Å². The van der Waals surface area contributed by atoms with Gasteiger partial charge in [-0.3, -0.25) is 0 Å². The number of hydrogen-bond acceptors (Lipinski definition) is 5. The normalized spacial score (nSPS) is 14.6. The molecule has 1 N–H and O–H groups in total. The van der Waals surface area contributed by atoms with E-state index in [0.717, 1.165) is 60.7 Å². The van der Waals surface area contributed by atoms with Crippen LogP contribution in [0.2, 0.25) is 0 Å². The number of nitrogens with zero attached hydrogens (tertiary/aromatic N) is 3. The number of nitrogens with one attached hydrogen (secondary N) is 1. The molecule has 6 heteroatoms. The zero-order valence-electron chi connectivity index (χ0n) is 31.6. The van der Waals surface area contributed by atoms with Gasteiger partial charge in [0.1, 0.15) is 23.2 Å². The van der Waals surface area contributed by atoms with E-state index in [1.165, 1.54) is 47.1 Å². The van der Waals surface area contributed by atoms with Gasteiger partial charge in [0.2, 0.25) is 0 Å². The van der Waals surface area contributed by atoms with Crippen molar-refractivity contribution in [2.75, 3.05) is 0 Å². The smallest absolute Gasteiger partial charge is 0.159 e. The predicted molar refractivity (Wildman–Crippen MR) is 248 cm³/mol. The molecule has 0 saturated carbocycles. The van der Waals surface area contributed by atoms with Crippen LogP contribution >= 0.6 is 11.3 Å². The van der Waals surface area contributed by atoms with Crippen molar-refractivity contribution in [2.24, 2.45) is 9.98 Å². The molecule has 0 spiro atoms. The molecule has 0 amide bonds. The highest BCUT2D eigenvalue weighted by Crippen LogP contribution is 2.40. The molecular weight excluding hydrogens is 741 g/mol. The number of thiophene rings is 1. The largest absolute Gasteiger partial charge is 0.455 e. The first-order chi connectivity index (χ1) is 29.2. The second-order valence-corrected chi connectivity index (χ2v) is 16.5. The van der Waals surface area contributed by atoms with Crippen molar-refractivity contribution in [2.45, 2.75) is 6.17 Å². The average molecular weight is 773 g/mol. The Bertz CT molecular complexity index is 3780. The van der Waals surface area contributed by atoms with E-state index in [1.807, 2.05) is 12.1 Å². The van der Waals surface area contributed by atoms with E-state index in [2.05, 4.69) is 180 Å². The molecule has 0 aliphatic carbocycles. The number of amidine groups is 2. The van der Waals surface area contributed by atoms with Crippen molar-refractivity contribution in [3.05, 3.63) is 199 Å². The zero-order chi connectivity index (χ0) is 38.6. The number of fused-ring (bicyclic) bond motifs is 11. The molecule has 1 aliphatic heterocycles. The maximum absolute atomic E-state index is 6.82. The fourth-order valence-electron chi connectivity index (χ4n) is 9.28. The van der Waals surface area contributed by atoms with Crippen molar-refractivity contribution in [1.29, 1.82) is 0 Å². The minimum absolute atomic E-state index is 0.413. The summed E-state index contributed by atoms with van der Waals surface area (Å²) in [6, 6.07) is 65.0. The molecule has 12 aromatic rings. The van der Waals surface area contributed by atoms with Crippen LogP contribution in [0, 0.1) is 0 Å². The van der Waals surface area contributed by atoms with Crippen molar-refractivity contribution in [3.8, 4) is 5.69 Å². The van der Waals surface area contributed by atoms with Crippen LogP contribution in [0.25, 0.3) is 91.1 Å². The summed E-state index contributed by atoms with van der Waals surface area (Å²) < 4.78 is 11.7. The minimum atomic E-state index is -0.413. The Kier molecular flexibility index (Phi) is 6.88. The van der Waals surface area contributed by atoms with Gasteiger partial charge in [-0.05, 0) is 70.1 Å². The van der Waals surface area contributed by atoms with Crippen molar-refractivity contribution in [3.63, 3.8) is 0 Å². The Hall–Kier alpha value is -7.54. The molecule has 5 nitrogen and oxygen atoms in total. The van der Waals surface area contributed by atoms with Crippen LogP contribution in [-0.2, 0) is 0 Å². The van der Waals surface area contributed by atoms with Gasteiger partial charge in [0.05, 0.1) is 16.6 Å². The van der Waals surface area contributed by atoms with Gasteiger partial charge in [-0.1, -0.05) is 133 Å². The van der Waals surface area contributed by atoms with E-state index >= 15 is 0 Å². The zero-order valence-corrected chi connectivity index (χ0v) is 32.4. The summed E-state index contributed by atoms with van der Waals surface area (Å²) in [5.41, 5.74) is 7.87. The Morgan fingerprint density at radius 2 is 1.22 bits per heavy atom. The third-order valence-electron chi connectivity index (χ3n) is 12.0. The molecule has 0 saturated heterocycles. The van der Waals surface area contributed by atoms with Crippen LogP contribution < -0.4 is 5.32 Å². The highest BCUT2D eigenvalue weighted by atomic mass is 32.1. The molecule has 3 aromatic heterocycles. The summed E-state index contributed by atoms with van der Waals surface area (Å²) in [5, 5.41) is 15.6. The van der Waals surface area contributed by atoms with Gasteiger partial charge in [0, 0.05) is 58.5 Å². The van der Waals surface area contributed by atoms with Crippen molar-refractivity contribution in [1.82, 2.24) is 9.88 Å². The molecule has 1 atom stereocenters. The Morgan fingerprint density at radius 1 is 0.508 bits per heavy atom. The van der Waals surface area contributed by atoms with Crippen molar-refractivity contribution >= 4 is 108 Å². The maximum Gasteiger partial charge on any atom is 0.159 e. The monoisotopic (exact) mass is 772 g/mol. The molecule has 276 valence electrons. The van der Waals surface area contributed by atoms with Crippen molar-refractivity contribution < 1.29 is 4.42 Å². The minimum Gasteiger partial charge on any atom is -0.455 e. The Morgan fingerprint density at radius 3 is 2.12 bits per heavy atom. The van der Waals surface area contributed by atoms with Crippen LogP contribution in [0.5, 0.6) is 0 Å². The molecule has 13 rings (SSSR count). The lowest BCUT2D eigenvalue weighted by molar-refractivity contribution is 0.661. The molecule has 1 unspecified atom stereocenters. The summed E-state index contributed by atoms with van der Waals surface area (Å²) in [5.74, 6) is 1.38. The first kappa shape index (κ1) is 32.5. The van der Waals surface area contributed by atoms with Crippen LogP contribution in [0.3, 0.4) is 0 Å². The van der Waals surface area contributed by atoms with Crippen LogP contribution in [0.4, 0.5) is 0 Å². The van der Waals surface area contributed by atoms with Crippen LogP contribution in [-0.4, -0.2) is 16.2 Å². The van der Waals surface area contributed by atoms with Gasteiger partial charge in [0.15, 0.2) is 5.84 Å². The number of rotatable bonds is 4. The fourth-order valence-corrected chi connectivity index (χ4v) is 10.4. The Labute approximate surface area is 341 Å². The number of benzene rings is 9. The quantitative estimate of drug-likeness (QED) is 0.194. The molecule has 0 radical (unpaired) electrons. The highest BCUT2D eigenvalue weighted by Gasteiger charge is 2.27. The lowest BCUT2D eigenvalue weighted by Crippen LogP contribution is -2.34. The summed E-state index contributed by atoms with van der Waals surface area (Å²) in [7, 11) is 0. The third kappa shape index (κ3) is 4.97. The topological polar surface area (TPSA) is 54.8 Å². The van der Waals surface area contributed by atoms with E-state index in [0.29, 0.717) is 11.7 Å². The summed E-state index contributed by atoms with van der Waals surface area (Å²) in [4.78, 5) is 10.8. The predicted octanol–water partition coefficient (Wildman–Crippen LogP) is 13.9. The number of hydrogen-bond donors (Lipinski definition) is 1. The summed E-state index contributed by atoms with van der Waals surface area (Å²) in [6.07, 6.45) is -0.413. The number of aromatic nitrogens is 1. The van der Waals surface area contributed by atoms with E-state index in [9.17, 15) is 0 Å². The standard InChI is InChI=1S/C53H32N4OS/c1-2-14-33-27-46-42(26-32(33)13-1)37-17-5-8-21-45(37)57(46)35-29-43-38-18-6-9-22-47(38)58-50(43)44(30-35)53-55-51(34-24-25-40-39-19-7-10-23-48(39)59-49(40)28-34)54-52(56-53)41-20-11-15-31-12-3-4-16-36(31)41/h1-30,52H,(H,54,55,56). The molecule has 59 heavy (non-hydrogen) atoms. The van der Waals surface area contributed by atoms with Crippen LogP contribution in [0.15, 0.2) is 196 Å². The molecular formula is C53H32N4OS. The van der Waals surface area contributed by atoms with E-state index in [4.69, 9.17) is 14.4 Å². The SMILES string of the molecule is c1ccc2cc3c(cc2c1)c1ccccc1n3-c1cc(C2=NC(c3ccc4c(c3)sc3ccccc34)=NC(c3cccc4ccccc34)N2)c2oc3ccccc3c2c1. The number of aliphatic imine (C=N–C) groups is 2. The molecule has 9 aromatic carbocycles. The van der Waals surface area contributed by atoms with Crippen LogP contribution in [0.1, 0.15) is 22.9 Å². The second kappa shape index (κ2) is 12.5. The highest BCUT2D eigenvalue weighted by molar-refractivity contribution is 7.25. The summed E-state index contributed by atoms with van der Waals surface area (Å²) in [6.45, 7) is 0. The second-order valence-electron chi connectivity index (χ2n) is 15.4. The third-order valence-corrected chi connectivity index (χ3v) is 13.1. The first-order valence-electron chi connectivity index (χ1n) is 19.9. The van der Waals surface area contributed by atoms with Gasteiger partial charge in [-0.25, -0.2) is 9.98 Å². The molecule has 4 heterocycles. The fraction of sp³-hybridized carbons (Fsp3) is 0.0189. The van der Waals surface area contributed by atoms with E-state index in [-0.39, 0.29) is 0 Å². The van der Waals surface area contributed by atoms with Gasteiger partial charge in [-0.2, -0.15) is 0 Å². The van der Waals surface area contributed by atoms with Gasteiger partial charge in [0.25, 0.3) is 0 Å². The maximum atomic E-state index is 6.82. The average Bonchev–Trinajstić information content (AvgIpc) is 3.96. The molecule has 1 aliphatic rings. The van der Waals surface area contributed by atoms with Gasteiger partial charge < -0.3 is 14.3 Å².